The highest BCUT2D eigenvalue weighted by Gasteiger charge is 2.30. The maximum Gasteiger partial charge on any atom is 0.260 e. The molecule has 0 unspecified atom stereocenters. The zero-order valence-electron chi connectivity index (χ0n) is 15.9. The highest BCUT2D eigenvalue weighted by molar-refractivity contribution is 7.92. The lowest BCUT2D eigenvalue weighted by atomic mass is 10.2. The molecule has 0 saturated heterocycles. The second kappa shape index (κ2) is 8.70. The predicted octanol–water partition coefficient (Wildman–Crippen LogP) is 1.16. The highest BCUT2D eigenvalue weighted by Crippen LogP contribution is 2.30. The first-order valence-electron chi connectivity index (χ1n) is 8.11. The van der Waals surface area contributed by atoms with Crippen molar-refractivity contribution in [3.8, 4) is 11.8 Å². The van der Waals surface area contributed by atoms with Crippen LogP contribution in [-0.4, -0.2) is 64.2 Å². The molecule has 1 heterocycles. The van der Waals surface area contributed by atoms with Gasteiger partial charge >= 0.3 is 0 Å². The molecule has 1 aromatic carbocycles. The lowest BCUT2D eigenvalue weighted by Gasteiger charge is -2.25. The van der Waals surface area contributed by atoms with Gasteiger partial charge in [0.05, 0.1) is 20.5 Å². The number of sulfonamides is 1. The van der Waals surface area contributed by atoms with E-state index in [0.717, 1.165) is 11.2 Å². The first-order valence-corrected chi connectivity index (χ1v) is 9.96. The van der Waals surface area contributed by atoms with E-state index in [1.165, 1.54) is 33.4 Å². The minimum absolute atomic E-state index is 0.0728. The molecule has 2 aromatic rings. The number of pyridine rings is 1. The van der Waals surface area contributed by atoms with Crippen molar-refractivity contribution in [3.63, 3.8) is 0 Å². The van der Waals surface area contributed by atoms with Gasteiger partial charge < -0.3 is 14.4 Å². The fourth-order valence-electron chi connectivity index (χ4n) is 2.47. The molecule has 150 valence electrons. The number of methoxy groups -OCH3 is 2. The highest BCUT2D eigenvalue weighted by atomic mass is 32.2. The third kappa shape index (κ3) is 4.77. The number of rotatable bonds is 7. The van der Waals surface area contributed by atoms with Gasteiger partial charge in [-0.2, -0.15) is 9.29 Å². The molecule has 0 aliphatic heterocycles. The van der Waals surface area contributed by atoms with Gasteiger partial charge in [-0.05, 0) is 18.2 Å². The third-order valence-electron chi connectivity index (χ3n) is 3.73. The minimum Gasteiger partial charge on any atom is -0.481 e. The average molecular weight is 407 g/mol. The first kappa shape index (κ1) is 21.2. The number of carbonyl (C=O) groups excluding carboxylic acids is 2. The molecule has 1 aromatic heterocycles. The van der Waals surface area contributed by atoms with E-state index in [9.17, 15) is 18.0 Å². The van der Waals surface area contributed by atoms with E-state index in [0.29, 0.717) is 9.87 Å². The second-order valence-corrected chi connectivity index (χ2v) is 7.66. The van der Waals surface area contributed by atoms with Gasteiger partial charge in [0.2, 0.25) is 21.8 Å². The van der Waals surface area contributed by atoms with E-state index in [4.69, 9.17) is 9.47 Å². The largest absolute Gasteiger partial charge is 0.481 e. The Hall–Kier alpha value is -3.14. The summed E-state index contributed by atoms with van der Waals surface area (Å²) in [5, 5.41) is 0. The predicted molar refractivity (Wildman–Crippen MR) is 103 cm³/mol. The van der Waals surface area contributed by atoms with Crippen molar-refractivity contribution in [1.82, 2.24) is 9.88 Å². The number of amides is 2. The van der Waals surface area contributed by atoms with Crippen molar-refractivity contribution in [1.29, 1.82) is 0 Å². The maximum absolute atomic E-state index is 12.8. The zero-order valence-corrected chi connectivity index (χ0v) is 16.8. The molecule has 0 spiro atoms. The Bertz CT molecular complexity index is 963. The van der Waals surface area contributed by atoms with E-state index in [2.05, 4.69) is 4.98 Å². The topological polar surface area (TPSA) is 106 Å². The van der Waals surface area contributed by atoms with Crippen LogP contribution >= 0.6 is 0 Å². The Balaban J connectivity index is 2.34. The Morgan fingerprint density at radius 3 is 2.21 bits per heavy atom. The van der Waals surface area contributed by atoms with Gasteiger partial charge in [0, 0.05) is 18.7 Å². The van der Waals surface area contributed by atoms with Gasteiger partial charge in [0.1, 0.15) is 12.2 Å². The van der Waals surface area contributed by atoms with Crippen LogP contribution in [0.15, 0.2) is 42.5 Å². The normalized spacial score (nSPS) is 10.9. The van der Waals surface area contributed by atoms with E-state index >= 15 is 0 Å². The summed E-state index contributed by atoms with van der Waals surface area (Å²) in [5.74, 6) is -1.16. The average Bonchev–Trinajstić information content (AvgIpc) is 2.67. The summed E-state index contributed by atoms with van der Waals surface area (Å²) >= 11 is 0. The SMILES string of the molecule is COc1ccc(N(C(=O)CN(C)C(=O)c2ccccc2)S(C)(=O)=O)c(OC)n1. The van der Waals surface area contributed by atoms with Gasteiger partial charge in [0.15, 0.2) is 0 Å². The molecule has 9 nitrogen and oxygen atoms in total. The van der Waals surface area contributed by atoms with Crippen LogP contribution in [0.1, 0.15) is 10.4 Å². The van der Waals surface area contributed by atoms with Crippen molar-refractivity contribution in [3.05, 3.63) is 48.0 Å². The van der Waals surface area contributed by atoms with E-state index < -0.39 is 28.4 Å². The van der Waals surface area contributed by atoms with Gasteiger partial charge in [-0.25, -0.2) is 8.42 Å². The number of anilines is 1. The number of ether oxygens (including phenoxy) is 2. The number of nitrogens with zero attached hydrogens (tertiary/aromatic N) is 3. The molecule has 10 heteroatoms. The van der Waals surface area contributed by atoms with Crippen LogP contribution in [0.5, 0.6) is 11.8 Å². The molecule has 0 N–H and O–H groups in total. The van der Waals surface area contributed by atoms with Crippen molar-refractivity contribution in [2.75, 3.05) is 38.4 Å². The number of hydrogen-bond acceptors (Lipinski definition) is 7. The van der Waals surface area contributed by atoms with E-state index in [-0.39, 0.29) is 17.4 Å². The molecular formula is C18H21N3O6S. The standard InChI is InChI=1S/C18H21N3O6S/c1-20(18(23)13-8-6-5-7-9-13)12-16(22)21(28(4,24)25)14-10-11-15(26-2)19-17(14)27-3/h5-11H,12H2,1-4H3. The molecule has 0 radical (unpaired) electrons. The molecule has 0 bridgehead atoms. The van der Waals surface area contributed by atoms with Crippen LogP contribution in [0, 0.1) is 0 Å². The van der Waals surface area contributed by atoms with Crippen molar-refractivity contribution < 1.29 is 27.5 Å². The summed E-state index contributed by atoms with van der Waals surface area (Å²) in [6.07, 6.45) is 0.883. The van der Waals surface area contributed by atoms with E-state index in [1.807, 2.05) is 0 Å². The minimum atomic E-state index is -4.02. The van der Waals surface area contributed by atoms with E-state index in [1.54, 1.807) is 30.3 Å². The Kier molecular flexibility index (Phi) is 6.57. The van der Waals surface area contributed by atoms with Gasteiger partial charge in [-0.3, -0.25) is 9.59 Å². The summed E-state index contributed by atoms with van der Waals surface area (Å²) in [5.41, 5.74) is 0.309. The number of benzene rings is 1. The summed E-state index contributed by atoms with van der Waals surface area (Å²) in [7, 11) is 0.0804. The lowest BCUT2D eigenvalue weighted by molar-refractivity contribution is -0.117. The van der Waals surface area contributed by atoms with Crippen LogP contribution in [0.3, 0.4) is 0 Å². The smallest absolute Gasteiger partial charge is 0.260 e. The van der Waals surface area contributed by atoms with Crippen LogP contribution in [0.4, 0.5) is 5.69 Å². The van der Waals surface area contributed by atoms with Crippen molar-refractivity contribution in [2.45, 2.75) is 0 Å². The van der Waals surface area contributed by atoms with Crippen LogP contribution in [0.2, 0.25) is 0 Å². The lowest BCUT2D eigenvalue weighted by Crippen LogP contribution is -2.44. The number of carbonyl (C=O) groups is 2. The van der Waals surface area contributed by atoms with Crippen molar-refractivity contribution in [2.24, 2.45) is 0 Å². The molecule has 0 saturated carbocycles. The zero-order chi connectivity index (χ0) is 20.9. The molecule has 2 rings (SSSR count). The molecule has 0 fully saturated rings. The van der Waals surface area contributed by atoms with Crippen LogP contribution < -0.4 is 13.8 Å². The third-order valence-corrected chi connectivity index (χ3v) is 4.80. The van der Waals surface area contributed by atoms with Gasteiger partial charge in [0.25, 0.3) is 11.8 Å². The number of aromatic nitrogens is 1. The molecule has 2 amide bonds. The first-order chi connectivity index (χ1) is 13.2. The Morgan fingerprint density at radius 2 is 1.68 bits per heavy atom. The molecule has 0 aliphatic carbocycles. The van der Waals surface area contributed by atoms with Gasteiger partial charge in [-0.1, -0.05) is 18.2 Å². The van der Waals surface area contributed by atoms with Crippen LogP contribution in [0.25, 0.3) is 0 Å². The quantitative estimate of drug-likeness (QED) is 0.678. The maximum atomic E-state index is 12.8. The van der Waals surface area contributed by atoms with Crippen LogP contribution in [-0.2, 0) is 14.8 Å². The summed E-state index contributed by atoms with van der Waals surface area (Å²) < 4.78 is 35.3. The monoisotopic (exact) mass is 407 g/mol. The van der Waals surface area contributed by atoms with Crippen molar-refractivity contribution >= 4 is 27.5 Å². The van der Waals surface area contributed by atoms with Gasteiger partial charge in [-0.15, -0.1) is 0 Å². The molecule has 28 heavy (non-hydrogen) atoms. The second-order valence-electron chi connectivity index (χ2n) is 5.83. The Morgan fingerprint density at radius 1 is 1.04 bits per heavy atom. The molecule has 0 atom stereocenters. The fraction of sp³-hybridized carbons (Fsp3) is 0.278. The number of hydrogen-bond donors (Lipinski definition) is 0. The molecular weight excluding hydrogens is 386 g/mol. The molecule has 0 aliphatic rings. The number of likely N-dealkylation sites (N-methyl/N-ethyl adjacent to an activating group) is 1. The summed E-state index contributed by atoms with van der Waals surface area (Å²) in [4.78, 5) is 30.4. The Labute approximate surface area is 163 Å². The summed E-state index contributed by atoms with van der Waals surface area (Å²) in [6, 6.07) is 11.1. The summed E-state index contributed by atoms with van der Waals surface area (Å²) in [6.45, 7) is -0.462. The fourth-order valence-corrected chi connectivity index (χ4v) is 3.40.